The molecular formula is C16H17Br2FN2. The first-order chi connectivity index (χ1) is 10.1. The second-order valence-corrected chi connectivity index (χ2v) is 6.63. The number of hydrogen-bond acceptors (Lipinski definition) is 2. The van der Waals surface area contributed by atoms with Crippen molar-refractivity contribution < 1.29 is 4.39 Å². The van der Waals surface area contributed by atoms with Crippen LogP contribution < -0.4 is 5.32 Å². The minimum Gasteiger partial charge on any atom is -0.308 e. The summed E-state index contributed by atoms with van der Waals surface area (Å²) in [6.07, 6.45) is 3.63. The Hall–Kier alpha value is -0.780. The predicted molar refractivity (Wildman–Crippen MR) is 90.8 cm³/mol. The molecule has 1 atom stereocenters. The number of benzene rings is 1. The summed E-state index contributed by atoms with van der Waals surface area (Å²) >= 11 is 6.64. The average molecular weight is 416 g/mol. The number of pyridine rings is 1. The summed E-state index contributed by atoms with van der Waals surface area (Å²) in [6, 6.07) is 9.26. The van der Waals surface area contributed by atoms with E-state index in [9.17, 15) is 4.39 Å². The Morgan fingerprint density at radius 1 is 1.24 bits per heavy atom. The Kier molecular flexibility index (Phi) is 6.33. The molecule has 0 spiro atoms. The molecule has 0 amide bonds. The summed E-state index contributed by atoms with van der Waals surface area (Å²) in [5.41, 5.74) is 2.06. The molecule has 2 nitrogen and oxygen atoms in total. The highest BCUT2D eigenvalue weighted by Crippen LogP contribution is 2.22. The molecule has 5 heteroatoms. The fourth-order valence-corrected chi connectivity index (χ4v) is 2.76. The lowest BCUT2D eigenvalue weighted by Crippen LogP contribution is -2.25. The molecule has 2 aromatic rings. The number of aromatic nitrogens is 1. The summed E-state index contributed by atoms with van der Waals surface area (Å²) < 4.78 is 14.8. The molecule has 0 aliphatic heterocycles. The number of rotatable bonds is 6. The largest absolute Gasteiger partial charge is 0.308 e. The molecule has 1 unspecified atom stereocenters. The van der Waals surface area contributed by atoms with E-state index < -0.39 is 0 Å². The summed E-state index contributed by atoms with van der Waals surface area (Å²) in [7, 11) is 0. The van der Waals surface area contributed by atoms with Crippen LogP contribution in [0.15, 0.2) is 45.5 Å². The molecule has 0 saturated heterocycles. The molecule has 0 radical (unpaired) electrons. The third-order valence-electron chi connectivity index (χ3n) is 3.17. The van der Waals surface area contributed by atoms with Crippen molar-refractivity contribution in [3.8, 4) is 0 Å². The molecule has 21 heavy (non-hydrogen) atoms. The fourth-order valence-electron chi connectivity index (χ4n) is 2.10. The Balaban J connectivity index is 2.19. The van der Waals surface area contributed by atoms with Gasteiger partial charge in [0, 0.05) is 10.7 Å². The van der Waals surface area contributed by atoms with E-state index in [4.69, 9.17) is 0 Å². The minimum atomic E-state index is -0.237. The van der Waals surface area contributed by atoms with Crippen molar-refractivity contribution in [2.24, 2.45) is 0 Å². The molecule has 1 heterocycles. The molecule has 0 fully saturated rings. The predicted octanol–water partition coefficient (Wildman–Crippen LogP) is 5.03. The SMILES string of the molecule is CCCNC(Cc1ccc(F)c(Br)c1)c1ccc(Br)cn1. The fraction of sp³-hybridized carbons (Fsp3) is 0.312. The van der Waals surface area contributed by atoms with Crippen molar-refractivity contribution in [2.45, 2.75) is 25.8 Å². The zero-order chi connectivity index (χ0) is 15.2. The van der Waals surface area contributed by atoms with Crippen LogP contribution in [0.2, 0.25) is 0 Å². The quantitative estimate of drug-likeness (QED) is 0.715. The molecule has 112 valence electrons. The Labute approximate surface area is 141 Å². The third kappa shape index (κ3) is 4.87. The maximum Gasteiger partial charge on any atom is 0.137 e. The Morgan fingerprint density at radius 2 is 2.05 bits per heavy atom. The molecule has 0 bridgehead atoms. The third-order valence-corrected chi connectivity index (χ3v) is 4.25. The van der Waals surface area contributed by atoms with E-state index in [1.165, 1.54) is 6.07 Å². The van der Waals surface area contributed by atoms with Gasteiger partial charge in [0.15, 0.2) is 0 Å². The zero-order valence-electron chi connectivity index (χ0n) is 11.7. The highest BCUT2D eigenvalue weighted by molar-refractivity contribution is 9.10. The van der Waals surface area contributed by atoms with E-state index in [2.05, 4.69) is 49.1 Å². The van der Waals surface area contributed by atoms with Gasteiger partial charge in [0.05, 0.1) is 16.2 Å². The van der Waals surface area contributed by atoms with Gasteiger partial charge in [0.25, 0.3) is 0 Å². The van der Waals surface area contributed by atoms with Crippen LogP contribution in [0.3, 0.4) is 0 Å². The van der Waals surface area contributed by atoms with Gasteiger partial charge in [0.1, 0.15) is 5.82 Å². The lowest BCUT2D eigenvalue weighted by Gasteiger charge is -2.18. The standard InChI is InChI=1S/C16H17Br2FN2/c1-2-7-20-16(15-6-4-12(17)10-21-15)9-11-3-5-14(19)13(18)8-11/h3-6,8,10,16,20H,2,7,9H2,1H3. The van der Waals surface area contributed by atoms with Crippen LogP contribution in [-0.2, 0) is 6.42 Å². The summed E-state index contributed by atoms with van der Waals surface area (Å²) in [6.45, 7) is 3.05. The van der Waals surface area contributed by atoms with Crippen LogP contribution >= 0.6 is 31.9 Å². The normalized spacial score (nSPS) is 12.4. The van der Waals surface area contributed by atoms with E-state index in [1.807, 2.05) is 24.3 Å². The first-order valence-corrected chi connectivity index (χ1v) is 8.47. The van der Waals surface area contributed by atoms with Gasteiger partial charge in [-0.3, -0.25) is 4.98 Å². The molecule has 1 N–H and O–H groups in total. The van der Waals surface area contributed by atoms with Crippen LogP contribution in [0.4, 0.5) is 4.39 Å². The second-order valence-electron chi connectivity index (χ2n) is 4.86. The van der Waals surface area contributed by atoms with Gasteiger partial charge < -0.3 is 5.32 Å². The maximum atomic E-state index is 13.3. The van der Waals surface area contributed by atoms with Crippen LogP contribution in [0.5, 0.6) is 0 Å². The van der Waals surface area contributed by atoms with Gasteiger partial charge in [-0.2, -0.15) is 0 Å². The van der Waals surface area contributed by atoms with Gasteiger partial charge >= 0.3 is 0 Å². The second kappa shape index (κ2) is 8.01. The Morgan fingerprint density at radius 3 is 2.67 bits per heavy atom. The smallest absolute Gasteiger partial charge is 0.137 e. The number of nitrogens with one attached hydrogen (secondary N) is 1. The first kappa shape index (κ1) is 16.6. The molecular weight excluding hydrogens is 399 g/mol. The van der Waals surface area contributed by atoms with Gasteiger partial charge in [-0.25, -0.2) is 4.39 Å². The van der Waals surface area contributed by atoms with Gasteiger partial charge in [-0.1, -0.05) is 13.0 Å². The molecule has 1 aromatic heterocycles. The molecule has 0 aliphatic rings. The Bertz CT molecular complexity index is 587. The first-order valence-electron chi connectivity index (χ1n) is 6.89. The molecule has 0 aliphatic carbocycles. The van der Waals surface area contributed by atoms with E-state index >= 15 is 0 Å². The van der Waals surface area contributed by atoms with Crippen LogP contribution in [0, 0.1) is 5.82 Å². The monoisotopic (exact) mass is 414 g/mol. The summed E-state index contributed by atoms with van der Waals surface area (Å²) in [5, 5.41) is 3.50. The number of nitrogens with zero attached hydrogens (tertiary/aromatic N) is 1. The van der Waals surface area contributed by atoms with Crippen molar-refractivity contribution in [1.82, 2.24) is 10.3 Å². The van der Waals surface area contributed by atoms with Crippen LogP contribution in [0.25, 0.3) is 0 Å². The average Bonchev–Trinajstić information content (AvgIpc) is 2.48. The zero-order valence-corrected chi connectivity index (χ0v) is 14.9. The number of halogens is 3. The maximum absolute atomic E-state index is 13.3. The topological polar surface area (TPSA) is 24.9 Å². The number of hydrogen-bond donors (Lipinski definition) is 1. The van der Waals surface area contributed by atoms with Crippen molar-refractivity contribution in [3.05, 3.63) is 62.5 Å². The van der Waals surface area contributed by atoms with E-state index in [0.29, 0.717) is 4.47 Å². The summed E-state index contributed by atoms with van der Waals surface area (Å²) in [5.74, 6) is -0.237. The molecule has 0 saturated carbocycles. The highest BCUT2D eigenvalue weighted by atomic mass is 79.9. The molecule has 2 rings (SSSR count). The summed E-state index contributed by atoms with van der Waals surface area (Å²) in [4.78, 5) is 4.47. The van der Waals surface area contributed by atoms with Gasteiger partial charge in [-0.05, 0) is 81.1 Å². The van der Waals surface area contributed by atoms with Crippen molar-refractivity contribution in [3.63, 3.8) is 0 Å². The van der Waals surface area contributed by atoms with Crippen molar-refractivity contribution in [2.75, 3.05) is 6.54 Å². The van der Waals surface area contributed by atoms with Crippen molar-refractivity contribution >= 4 is 31.9 Å². The van der Waals surface area contributed by atoms with E-state index in [0.717, 1.165) is 35.1 Å². The van der Waals surface area contributed by atoms with Crippen LogP contribution in [-0.4, -0.2) is 11.5 Å². The lowest BCUT2D eigenvalue weighted by atomic mass is 10.0. The minimum absolute atomic E-state index is 0.121. The van der Waals surface area contributed by atoms with Gasteiger partial charge in [0.2, 0.25) is 0 Å². The van der Waals surface area contributed by atoms with E-state index in [-0.39, 0.29) is 11.9 Å². The van der Waals surface area contributed by atoms with Crippen LogP contribution in [0.1, 0.15) is 30.6 Å². The van der Waals surface area contributed by atoms with E-state index in [1.54, 1.807) is 6.20 Å². The highest BCUT2D eigenvalue weighted by Gasteiger charge is 2.14. The molecule has 1 aromatic carbocycles. The van der Waals surface area contributed by atoms with Gasteiger partial charge in [-0.15, -0.1) is 0 Å². The lowest BCUT2D eigenvalue weighted by molar-refractivity contribution is 0.517. The van der Waals surface area contributed by atoms with Crippen molar-refractivity contribution in [1.29, 1.82) is 0 Å².